The smallest absolute Gasteiger partial charge is 0 e. The van der Waals surface area contributed by atoms with Crippen LogP contribution in [0.4, 0.5) is 0 Å². The van der Waals surface area contributed by atoms with Crippen LogP contribution in [0, 0.1) is 0 Å². The molecule has 0 aromatic heterocycles. The van der Waals surface area contributed by atoms with Gasteiger partial charge in [0.15, 0.2) is 17.4 Å². The van der Waals surface area contributed by atoms with Crippen molar-refractivity contribution in [1.82, 2.24) is 0 Å². The summed E-state index contributed by atoms with van der Waals surface area (Å²) in [6.07, 6.45) is 0. The third kappa shape index (κ3) is 8.83. The molecule has 0 bridgehead atoms. The van der Waals surface area contributed by atoms with E-state index < -0.39 is 0 Å². The first-order valence-corrected chi connectivity index (χ1v) is 0. The van der Waals surface area contributed by atoms with E-state index >= 15 is 0 Å². The molecule has 26 valence electrons. The molecule has 0 fully saturated rings. The summed E-state index contributed by atoms with van der Waals surface area (Å²) in [5.41, 5.74) is 0. The standard InChI is InChI=1S/Al.Mo.Ni.Ti.3H. The first-order chi connectivity index (χ1) is 0. The van der Waals surface area contributed by atoms with E-state index in [-0.39, 0.29) is 76.6 Å². The molecule has 0 aliphatic carbocycles. The van der Waals surface area contributed by atoms with E-state index in [1.165, 1.54) is 0 Å². The second kappa shape index (κ2) is 18.1. The van der Waals surface area contributed by atoms with Crippen LogP contribution in [0.1, 0.15) is 0 Å². The van der Waals surface area contributed by atoms with Crippen LogP contribution in [0.3, 0.4) is 0 Å². The Labute approximate surface area is 75.7 Å². The Morgan fingerprint density at radius 2 is 1.00 bits per heavy atom. The molecule has 4 heavy (non-hydrogen) atoms. The van der Waals surface area contributed by atoms with Crippen molar-refractivity contribution < 1.29 is 59.3 Å². The third-order valence-corrected chi connectivity index (χ3v) is 0. The van der Waals surface area contributed by atoms with Gasteiger partial charge in [-0.3, -0.25) is 0 Å². The van der Waals surface area contributed by atoms with Crippen molar-refractivity contribution in [2.45, 2.75) is 0 Å². The predicted molar refractivity (Wildman–Crippen MR) is 9.94 cm³/mol. The summed E-state index contributed by atoms with van der Waals surface area (Å²) in [5.74, 6) is 0. The van der Waals surface area contributed by atoms with Crippen LogP contribution in [0.2, 0.25) is 0 Å². The molecular weight excluding hydrogens is 229 g/mol. The van der Waals surface area contributed by atoms with E-state index in [4.69, 9.17) is 0 Å². The van der Waals surface area contributed by atoms with E-state index in [0.29, 0.717) is 0 Å². The van der Waals surface area contributed by atoms with Gasteiger partial charge in [-0.25, -0.2) is 0 Å². The average Bonchev–Trinajstić information content (AvgIpc) is 0. The van der Waals surface area contributed by atoms with Crippen molar-refractivity contribution >= 4 is 17.4 Å². The average molecular weight is 233 g/mol. The van der Waals surface area contributed by atoms with E-state index in [9.17, 15) is 0 Å². The van der Waals surface area contributed by atoms with E-state index in [2.05, 4.69) is 0 Å². The minimum Gasteiger partial charge on any atom is 0 e. The molecule has 0 aliphatic heterocycles. The largest absolute Gasteiger partial charge is 0.187 e. The maximum atomic E-state index is 0. The Bertz CT molecular complexity index is 8.00. The third-order valence-electron chi connectivity index (χ3n) is 0. The Hall–Kier alpha value is 2.43. The molecule has 4 heteroatoms. The van der Waals surface area contributed by atoms with E-state index in [1.807, 2.05) is 0 Å². The molecule has 0 aromatic rings. The second-order valence-electron chi connectivity index (χ2n) is 0. The van der Waals surface area contributed by atoms with Crippen molar-refractivity contribution in [2.24, 2.45) is 0 Å². The van der Waals surface area contributed by atoms with Gasteiger partial charge in [-0.2, -0.15) is 0 Å². The molecule has 0 unspecified atom stereocenters. The monoisotopic (exact) mass is 234 g/mol. The van der Waals surface area contributed by atoms with Gasteiger partial charge in [-0.1, -0.05) is 0 Å². The van der Waals surface area contributed by atoms with Crippen molar-refractivity contribution in [3.05, 3.63) is 0 Å². The molecule has 0 saturated carbocycles. The van der Waals surface area contributed by atoms with Gasteiger partial charge in [-0.15, -0.1) is 0 Å². The Balaban J connectivity index is 0. The maximum Gasteiger partial charge on any atom is 0.187 e. The number of rotatable bonds is 0. The molecule has 0 aromatic carbocycles. The van der Waals surface area contributed by atoms with Crippen LogP contribution in [-0.4, -0.2) is 17.4 Å². The number of hydrogen-bond donors (Lipinski definition) is 0. The van der Waals surface area contributed by atoms with Crippen molar-refractivity contribution in [1.29, 1.82) is 0 Å². The van der Waals surface area contributed by atoms with Gasteiger partial charge in [0.05, 0.1) is 0 Å². The summed E-state index contributed by atoms with van der Waals surface area (Å²) in [5, 5.41) is 0. The quantitative estimate of drug-likeness (QED) is 0.461. The molecule has 0 aliphatic rings. The minimum atomic E-state index is 0. The van der Waals surface area contributed by atoms with Gasteiger partial charge < -0.3 is 0 Å². The van der Waals surface area contributed by atoms with Crippen molar-refractivity contribution in [3.8, 4) is 0 Å². The zero-order valence-corrected chi connectivity index (χ0v) is 5.78. The Kier molecular flexibility index (Phi) is 145. The van der Waals surface area contributed by atoms with Crippen LogP contribution in [-0.2, 0) is 59.3 Å². The van der Waals surface area contributed by atoms with Crippen LogP contribution in [0.5, 0.6) is 0 Å². The second-order valence-corrected chi connectivity index (χ2v) is 0. The maximum absolute atomic E-state index is 0. The Morgan fingerprint density at radius 1 is 1.00 bits per heavy atom. The molecule has 0 N–H and O–H groups in total. The molecule has 0 atom stereocenters. The van der Waals surface area contributed by atoms with E-state index in [0.717, 1.165) is 0 Å². The van der Waals surface area contributed by atoms with Gasteiger partial charge in [0, 0.05) is 59.3 Å². The van der Waals surface area contributed by atoms with Gasteiger partial charge in [0.25, 0.3) is 0 Å². The molecule has 0 amide bonds. The minimum absolute atomic E-state index is 0. The summed E-state index contributed by atoms with van der Waals surface area (Å²) in [4.78, 5) is 0. The first kappa shape index (κ1) is 32.1. The predicted octanol–water partition coefficient (Wildman–Crippen LogP) is -1.19. The SMILES string of the molecule is [AlH3].[Mo].[Ni].[Ti]. The van der Waals surface area contributed by atoms with E-state index in [1.54, 1.807) is 0 Å². The first-order valence-electron chi connectivity index (χ1n) is 0. The zero-order valence-electron chi connectivity index (χ0n) is 1.22. The topological polar surface area (TPSA) is 0 Å². The molecule has 0 nitrogen and oxygen atoms in total. The summed E-state index contributed by atoms with van der Waals surface area (Å²) in [7, 11) is 0. The normalized spacial score (nSPS) is 0. The summed E-state index contributed by atoms with van der Waals surface area (Å²) < 4.78 is 0. The molecule has 0 heterocycles. The molecule has 0 rings (SSSR count). The van der Waals surface area contributed by atoms with Gasteiger partial charge in [0.1, 0.15) is 0 Å². The van der Waals surface area contributed by atoms with Crippen LogP contribution >= 0.6 is 0 Å². The van der Waals surface area contributed by atoms with Crippen molar-refractivity contribution in [3.63, 3.8) is 0 Å². The fourth-order valence-electron chi connectivity index (χ4n) is 0. The van der Waals surface area contributed by atoms with Gasteiger partial charge in [-0.05, 0) is 0 Å². The zero-order chi connectivity index (χ0) is 0. The number of hydrogen-bond acceptors (Lipinski definition) is 0. The van der Waals surface area contributed by atoms with Crippen molar-refractivity contribution in [2.75, 3.05) is 0 Å². The van der Waals surface area contributed by atoms with Crippen LogP contribution in [0.15, 0.2) is 0 Å². The molecule has 0 saturated heterocycles. The fraction of sp³-hybridized carbons (Fsp3) is 0. The Morgan fingerprint density at radius 3 is 1.00 bits per heavy atom. The summed E-state index contributed by atoms with van der Waals surface area (Å²) >= 11 is 0. The van der Waals surface area contributed by atoms with Crippen LogP contribution in [0.25, 0.3) is 0 Å². The molecule has 0 radical (unpaired) electrons. The van der Waals surface area contributed by atoms with Crippen LogP contribution < -0.4 is 0 Å². The molecule has 0 spiro atoms. The van der Waals surface area contributed by atoms with Gasteiger partial charge >= 0.3 is 0 Å². The van der Waals surface area contributed by atoms with Gasteiger partial charge in [0.2, 0.25) is 0 Å². The fourth-order valence-corrected chi connectivity index (χ4v) is 0. The summed E-state index contributed by atoms with van der Waals surface area (Å²) in [6, 6.07) is 0. The molecular formula is H3AlMoNiTi. The summed E-state index contributed by atoms with van der Waals surface area (Å²) in [6.45, 7) is 0.